The zero-order valence-electron chi connectivity index (χ0n) is 9.66. The van der Waals surface area contributed by atoms with E-state index < -0.39 is 5.82 Å². The quantitative estimate of drug-likeness (QED) is 0.760. The second kappa shape index (κ2) is 6.12. The normalized spacial score (nSPS) is 11.9. The third-order valence-corrected chi connectivity index (χ3v) is 2.44. The number of hydrogen-bond donors (Lipinski definition) is 0. The smallest absolute Gasteiger partial charge is 0.182 e. The number of nitriles is 1. The Hall–Kier alpha value is -1.56. The molecule has 0 saturated heterocycles. The molecule has 0 bridgehead atoms. The van der Waals surface area contributed by atoms with Crippen molar-refractivity contribution in [3.63, 3.8) is 0 Å². The van der Waals surface area contributed by atoms with Gasteiger partial charge in [-0.3, -0.25) is 0 Å². The van der Waals surface area contributed by atoms with Crippen molar-refractivity contribution in [1.29, 1.82) is 5.26 Å². The van der Waals surface area contributed by atoms with Gasteiger partial charge in [-0.1, -0.05) is 26.3 Å². The van der Waals surface area contributed by atoms with E-state index in [9.17, 15) is 4.39 Å². The molecule has 0 aliphatic rings. The topological polar surface area (TPSA) is 33.0 Å². The molecule has 1 atom stereocenters. The van der Waals surface area contributed by atoms with Gasteiger partial charge in [0.2, 0.25) is 0 Å². The number of rotatable bonds is 5. The summed E-state index contributed by atoms with van der Waals surface area (Å²) in [6, 6.07) is 6.45. The van der Waals surface area contributed by atoms with Crippen LogP contribution in [0.25, 0.3) is 0 Å². The SMILES string of the molecule is CCCC(CC)Oc1cccc(C#N)c1F. The van der Waals surface area contributed by atoms with Crippen molar-refractivity contribution in [2.75, 3.05) is 0 Å². The van der Waals surface area contributed by atoms with Crippen molar-refractivity contribution >= 4 is 0 Å². The molecule has 0 radical (unpaired) electrons. The maximum absolute atomic E-state index is 13.7. The Balaban J connectivity index is 2.84. The molecule has 1 aromatic rings. The van der Waals surface area contributed by atoms with Crippen LogP contribution in [0.4, 0.5) is 4.39 Å². The van der Waals surface area contributed by atoms with Crippen molar-refractivity contribution < 1.29 is 9.13 Å². The van der Waals surface area contributed by atoms with Gasteiger partial charge in [0.1, 0.15) is 6.07 Å². The number of benzene rings is 1. The first-order valence-corrected chi connectivity index (χ1v) is 5.58. The molecule has 0 amide bonds. The molecule has 16 heavy (non-hydrogen) atoms. The van der Waals surface area contributed by atoms with E-state index in [-0.39, 0.29) is 17.4 Å². The van der Waals surface area contributed by atoms with Crippen LogP contribution in [0, 0.1) is 17.1 Å². The summed E-state index contributed by atoms with van der Waals surface area (Å²) in [5.74, 6) is -0.376. The molecular weight excluding hydrogens is 205 g/mol. The van der Waals surface area contributed by atoms with Crippen molar-refractivity contribution in [3.05, 3.63) is 29.6 Å². The highest BCUT2D eigenvalue weighted by Gasteiger charge is 2.13. The summed E-state index contributed by atoms with van der Waals surface area (Å²) in [4.78, 5) is 0. The molecule has 0 heterocycles. The Bertz CT molecular complexity index is 384. The van der Waals surface area contributed by atoms with E-state index in [0.29, 0.717) is 0 Å². The highest BCUT2D eigenvalue weighted by atomic mass is 19.1. The zero-order chi connectivity index (χ0) is 12.0. The first kappa shape index (κ1) is 12.5. The van der Waals surface area contributed by atoms with Gasteiger partial charge >= 0.3 is 0 Å². The molecule has 1 unspecified atom stereocenters. The summed E-state index contributed by atoms with van der Waals surface area (Å²) >= 11 is 0. The first-order valence-electron chi connectivity index (χ1n) is 5.58. The van der Waals surface area contributed by atoms with Crippen LogP contribution in [0.2, 0.25) is 0 Å². The fourth-order valence-corrected chi connectivity index (χ4v) is 1.54. The van der Waals surface area contributed by atoms with Gasteiger partial charge in [0, 0.05) is 0 Å². The zero-order valence-corrected chi connectivity index (χ0v) is 9.66. The Morgan fingerprint density at radius 1 is 1.44 bits per heavy atom. The number of nitrogens with zero attached hydrogens (tertiary/aromatic N) is 1. The second-order valence-corrected chi connectivity index (χ2v) is 3.67. The van der Waals surface area contributed by atoms with Crippen LogP contribution in [-0.4, -0.2) is 6.10 Å². The average Bonchev–Trinajstić information content (AvgIpc) is 2.31. The Labute approximate surface area is 95.7 Å². The van der Waals surface area contributed by atoms with Crippen molar-refractivity contribution in [1.82, 2.24) is 0 Å². The molecule has 0 saturated carbocycles. The average molecular weight is 221 g/mol. The van der Waals surface area contributed by atoms with Crippen LogP contribution in [0.3, 0.4) is 0 Å². The third kappa shape index (κ3) is 2.96. The molecule has 3 heteroatoms. The lowest BCUT2D eigenvalue weighted by atomic mass is 10.1. The minimum Gasteiger partial charge on any atom is -0.487 e. The van der Waals surface area contributed by atoms with E-state index in [2.05, 4.69) is 6.92 Å². The minimum atomic E-state index is -0.556. The van der Waals surface area contributed by atoms with E-state index in [1.165, 1.54) is 6.07 Å². The highest BCUT2D eigenvalue weighted by Crippen LogP contribution is 2.22. The maximum atomic E-state index is 13.7. The van der Waals surface area contributed by atoms with Gasteiger partial charge in [0.05, 0.1) is 11.7 Å². The predicted octanol–water partition coefficient (Wildman–Crippen LogP) is 3.65. The van der Waals surface area contributed by atoms with Crippen molar-refractivity contribution in [3.8, 4) is 11.8 Å². The third-order valence-electron chi connectivity index (χ3n) is 2.44. The van der Waals surface area contributed by atoms with Crippen molar-refractivity contribution in [2.45, 2.75) is 39.2 Å². The highest BCUT2D eigenvalue weighted by molar-refractivity contribution is 5.38. The minimum absolute atomic E-state index is 0.0217. The van der Waals surface area contributed by atoms with E-state index in [1.807, 2.05) is 6.92 Å². The molecule has 0 aliphatic carbocycles. The number of halogens is 1. The van der Waals surface area contributed by atoms with Crippen molar-refractivity contribution in [2.24, 2.45) is 0 Å². The molecule has 0 aliphatic heterocycles. The van der Waals surface area contributed by atoms with Gasteiger partial charge in [-0.15, -0.1) is 0 Å². The van der Waals surface area contributed by atoms with Gasteiger partial charge in [-0.05, 0) is 25.0 Å². The summed E-state index contributed by atoms with van der Waals surface area (Å²) in [6.07, 6.45) is 2.75. The molecule has 1 rings (SSSR count). The fraction of sp³-hybridized carbons (Fsp3) is 0.462. The molecule has 0 N–H and O–H groups in total. The number of ether oxygens (including phenoxy) is 1. The summed E-state index contributed by atoms with van der Waals surface area (Å²) in [5.41, 5.74) is 0.0313. The van der Waals surface area contributed by atoms with Crippen LogP contribution >= 0.6 is 0 Å². The number of hydrogen-bond acceptors (Lipinski definition) is 2. The van der Waals surface area contributed by atoms with Crippen LogP contribution in [0.15, 0.2) is 18.2 Å². The van der Waals surface area contributed by atoms with Crippen LogP contribution in [0.5, 0.6) is 5.75 Å². The van der Waals surface area contributed by atoms with Gasteiger partial charge in [0.25, 0.3) is 0 Å². The molecule has 1 aromatic carbocycles. The summed E-state index contributed by atoms with van der Waals surface area (Å²) in [6.45, 7) is 4.07. The van der Waals surface area contributed by atoms with Crippen LogP contribution in [-0.2, 0) is 0 Å². The summed E-state index contributed by atoms with van der Waals surface area (Å²) in [7, 11) is 0. The van der Waals surface area contributed by atoms with E-state index in [4.69, 9.17) is 10.00 Å². The Morgan fingerprint density at radius 3 is 2.75 bits per heavy atom. The van der Waals surface area contributed by atoms with Gasteiger partial charge < -0.3 is 4.74 Å². The van der Waals surface area contributed by atoms with E-state index >= 15 is 0 Å². The Morgan fingerprint density at radius 2 is 2.19 bits per heavy atom. The lowest BCUT2D eigenvalue weighted by Gasteiger charge is -2.17. The lowest BCUT2D eigenvalue weighted by Crippen LogP contribution is -2.15. The van der Waals surface area contributed by atoms with E-state index in [0.717, 1.165) is 19.3 Å². The second-order valence-electron chi connectivity index (χ2n) is 3.67. The summed E-state index contributed by atoms with van der Waals surface area (Å²) < 4.78 is 19.2. The fourth-order valence-electron chi connectivity index (χ4n) is 1.54. The van der Waals surface area contributed by atoms with Crippen LogP contribution in [0.1, 0.15) is 38.7 Å². The lowest BCUT2D eigenvalue weighted by molar-refractivity contribution is 0.177. The molecule has 86 valence electrons. The molecule has 0 aromatic heterocycles. The molecule has 2 nitrogen and oxygen atoms in total. The van der Waals surface area contributed by atoms with Gasteiger partial charge in [0.15, 0.2) is 11.6 Å². The van der Waals surface area contributed by atoms with Gasteiger partial charge in [-0.2, -0.15) is 5.26 Å². The first-order chi connectivity index (χ1) is 7.72. The largest absolute Gasteiger partial charge is 0.487 e. The molecule has 0 fully saturated rings. The van der Waals surface area contributed by atoms with Crippen LogP contribution < -0.4 is 4.74 Å². The standard InChI is InChI=1S/C13H16FNO/c1-3-6-11(4-2)16-12-8-5-7-10(9-15)13(12)14/h5,7-8,11H,3-4,6H2,1-2H3. The molecule has 0 spiro atoms. The Kier molecular flexibility index (Phi) is 4.78. The summed E-state index contributed by atoms with van der Waals surface area (Å²) in [5, 5.41) is 8.69. The molecular formula is C13H16FNO. The predicted molar refractivity (Wildman–Crippen MR) is 60.7 cm³/mol. The monoisotopic (exact) mass is 221 g/mol. The maximum Gasteiger partial charge on any atom is 0.182 e. The van der Waals surface area contributed by atoms with Gasteiger partial charge in [-0.25, -0.2) is 4.39 Å². The van der Waals surface area contributed by atoms with E-state index in [1.54, 1.807) is 18.2 Å².